The first kappa shape index (κ1) is 20.5. The number of aromatic nitrogens is 1. The van der Waals surface area contributed by atoms with E-state index in [-0.39, 0.29) is 5.91 Å². The maximum atomic E-state index is 12.8. The summed E-state index contributed by atoms with van der Waals surface area (Å²) in [5, 5.41) is 3.04. The van der Waals surface area contributed by atoms with E-state index in [0.717, 1.165) is 53.0 Å². The minimum atomic E-state index is 0.0881. The summed E-state index contributed by atoms with van der Waals surface area (Å²) in [7, 11) is 0. The number of ether oxygens (including phenoxy) is 1. The second-order valence-electron chi connectivity index (χ2n) is 6.95. The van der Waals surface area contributed by atoms with Crippen molar-refractivity contribution in [2.75, 3.05) is 26.2 Å². The Hall–Kier alpha value is -1.74. The third kappa shape index (κ3) is 5.45. The summed E-state index contributed by atoms with van der Waals surface area (Å²) in [6.45, 7) is 6.68. The van der Waals surface area contributed by atoms with Gasteiger partial charge in [-0.2, -0.15) is 0 Å². The van der Waals surface area contributed by atoms with Crippen LogP contribution < -0.4 is 4.74 Å². The highest BCUT2D eigenvalue weighted by atomic mass is 79.9. The zero-order valence-corrected chi connectivity index (χ0v) is 19.4. The predicted molar refractivity (Wildman–Crippen MR) is 121 cm³/mol. The molecule has 0 aliphatic carbocycles. The van der Waals surface area contributed by atoms with Gasteiger partial charge in [-0.1, -0.05) is 0 Å². The second-order valence-corrected chi connectivity index (χ2v) is 10.6. The lowest BCUT2D eigenvalue weighted by Gasteiger charge is -2.34. The van der Waals surface area contributed by atoms with E-state index in [9.17, 15) is 4.79 Å². The highest BCUT2D eigenvalue weighted by molar-refractivity contribution is 9.11. The van der Waals surface area contributed by atoms with Crippen LogP contribution in [0.25, 0.3) is 0 Å². The Balaban J connectivity index is 1.27. The summed E-state index contributed by atoms with van der Waals surface area (Å²) >= 11 is 6.90. The maximum Gasteiger partial charge on any atom is 0.253 e. The molecule has 1 saturated heterocycles. The predicted octanol–water partition coefficient (Wildman–Crippen LogP) is 4.81. The van der Waals surface area contributed by atoms with Gasteiger partial charge in [0.25, 0.3) is 5.91 Å². The second kappa shape index (κ2) is 9.38. The molecule has 0 radical (unpaired) electrons. The Morgan fingerprint density at radius 2 is 1.90 bits per heavy atom. The number of amides is 1. The van der Waals surface area contributed by atoms with Gasteiger partial charge < -0.3 is 9.64 Å². The summed E-state index contributed by atoms with van der Waals surface area (Å²) < 4.78 is 6.93. The quantitative estimate of drug-likeness (QED) is 0.496. The third-order valence-electron chi connectivity index (χ3n) is 4.82. The van der Waals surface area contributed by atoms with Crippen LogP contribution >= 0.6 is 38.6 Å². The Labute approximate surface area is 187 Å². The van der Waals surface area contributed by atoms with Crippen molar-refractivity contribution in [2.24, 2.45) is 0 Å². The summed E-state index contributed by atoms with van der Waals surface area (Å²) in [5.74, 6) is 0.837. The molecule has 1 fully saturated rings. The number of aryl methyl sites for hydroxylation is 1. The average molecular weight is 492 g/mol. The smallest absolute Gasteiger partial charge is 0.253 e. The molecule has 152 valence electrons. The van der Waals surface area contributed by atoms with Crippen molar-refractivity contribution in [1.82, 2.24) is 14.8 Å². The van der Waals surface area contributed by atoms with Crippen LogP contribution in [-0.2, 0) is 13.2 Å². The fraction of sp³-hybridized carbons (Fsp3) is 0.333. The number of carbonyl (C=O) groups is 1. The van der Waals surface area contributed by atoms with Gasteiger partial charge >= 0.3 is 0 Å². The fourth-order valence-corrected chi connectivity index (χ4v) is 5.40. The monoisotopic (exact) mass is 491 g/mol. The molecular weight excluding hydrogens is 470 g/mol. The van der Waals surface area contributed by atoms with E-state index in [2.05, 4.69) is 37.9 Å². The molecule has 4 rings (SSSR count). The van der Waals surface area contributed by atoms with E-state index in [1.54, 1.807) is 22.7 Å². The van der Waals surface area contributed by atoms with Gasteiger partial charge in [0.1, 0.15) is 12.4 Å². The van der Waals surface area contributed by atoms with E-state index < -0.39 is 0 Å². The van der Waals surface area contributed by atoms with Gasteiger partial charge in [-0.05, 0) is 59.3 Å². The summed E-state index contributed by atoms with van der Waals surface area (Å²) in [5.41, 5.74) is 1.64. The minimum absolute atomic E-state index is 0.0881. The zero-order valence-electron chi connectivity index (χ0n) is 16.1. The summed E-state index contributed by atoms with van der Waals surface area (Å²) in [6.07, 6.45) is 0. The number of carbonyl (C=O) groups excluding carboxylic acids is 1. The highest BCUT2D eigenvalue weighted by Gasteiger charge is 2.22. The van der Waals surface area contributed by atoms with Crippen LogP contribution in [0.5, 0.6) is 5.75 Å². The number of rotatable bonds is 6. The topological polar surface area (TPSA) is 45.7 Å². The van der Waals surface area contributed by atoms with E-state index in [1.165, 1.54) is 4.88 Å². The number of thiophene rings is 1. The molecule has 29 heavy (non-hydrogen) atoms. The average Bonchev–Trinajstić information content (AvgIpc) is 3.34. The van der Waals surface area contributed by atoms with Crippen LogP contribution in [0.2, 0.25) is 0 Å². The lowest BCUT2D eigenvalue weighted by molar-refractivity contribution is 0.0629. The SMILES string of the molecule is Cc1nc(COc2ccc(C(=O)N3CCN(Cc4ccc(Br)s4)CC3)cc2)cs1. The Kier molecular flexibility index (Phi) is 6.64. The summed E-state index contributed by atoms with van der Waals surface area (Å²) in [4.78, 5) is 22.9. The van der Waals surface area contributed by atoms with E-state index in [4.69, 9.17) is 4.74 Å². The van der Waals surface area contributed by atoms with Gasteiger partial charge in [0.15, 0.2) is 0 Å². The number of nitrogens with zero attached hydrogens (tertiary/aromatic N) is 3. The molecule has 1 aromatic carbocycles. The normalized spacial score (nSPS) is 14.9. The fourth-order valence-electron chi connectivity index (χ4n) is 3.27. The van der Waals surface area contributed by atoms with Gasteiger partial charge in [-0.3, -0.25) is 9.69 Å². The van der Waals surface area contributed by atoms with Crippen molar-refractivity contribution >= 4 is 44.5 Å². The first-order valence-electron chi connectivity index (χ1n) is 9.46. The molecule has 5 nitrogen and oxygen atoms in total. The van der Waals surface area contributed by atoms with Crippen molar-refractivity contribution in [3.63, 3.8) is 0 Å². The highest BCUT2D eigenvalue weighted by Crippen LogP contribution is 2.24. The molecule has 1 amide bonds. The van der Waals surface area contributed by atoms with Crippen LogP contribution in [0.1, 0.15) is 25.9 Å². The number of piperazine rings is 1. The number of benzene rings is 1. The molecular formula is C21H22BrN3O2S2. The molecule has 0 bridgehead atoms. The lowest BCUT2D eigenvalue weighted by Crippen LogP contribution is -2.48. The molecule has 2 aromatic heterocycles. The molecule has 0 spiro atoms. The molecule has 3 heterocycles. The number of hydrogen-bond acceptors (Lipinski definition) is 6. The standard InChI is InChI=1S/C21H22BrN3O2S2/c1-15-23-17(14-28-15)13-27-18-4-2-16(3-5-18)21(26)25-10-8-24(9-11-25)12-19-6-7-20(22)29-19/h2-7,14H,8-13H2,1H3. The zero-order chi connectivity index (χ0) is 20.2. The number of thiazole rings is 1. The molecule has 1 aliphatic heterocycles. The van der Waals surface area contributed by atoms with Crippen molar-refractivity contribution in [3.05, 3.63) is 66.7 Å². The Bertz CT molecular complexity index is 962. The minimum Gasteiger partial charge on any atom is -0.487 e. The van der Waals surface area contributed by atoms with Gasteiger partial charge in [0.05, 0.1) is 14.5 Å². The van der Waals surface area contributed by atoms with Crippen molar-refractivity contribution < 1.29 is 9.53 Å². The van der Waals surface area contributed by atoms with Gasteiger partial charge in [-0.15, -0.1) is 22.7 Å². The van der Waals surface area contributed by atoms with Crippen molar-refractivity contribution in [1.29, 1.82) is 0 Å². The molecule has 8 heteroatoms. The maximum absolute atomic E-state index is 12.8. The Morgan fingerprint density at radius 1 is 1.14 bits per heavy atom. The van der Waals surface area contributed by atoms with Gasteiger partial charge in [0, 0.05) is 48.5 Å². The van der Waals surface area contributed by atoms with Crippen LogP contribution in [0, 0.1) is 6.92 Å². The van der Waals surface area contributed by atoms with Crippen LogP contribution in [0.4, 0.5) is 0 Å². The van der Waals surface area contributed by atoms with Gasteiger partial charge in [-0.25, -0.2) is 4.98 Å². The molecule has 0 saturated carbocycles. The lowest BCUT2D eigenvalue weighted by atomic mass is 10.1. The first-order valence-corrected chi connectivity index (χ1v) is 12.0. The molecule has 0 unspecified atom stereocenters. The van der Waals surface area contributed by atoms with Crippen molar-refractivity contribution in [2.45, 2.75) is 20.1 Å². The number of halogens is 1. The molecule has 0 atom stereocenters. The van der Waals surface area contributed by atoms with Crippen LogP contribution in [0.15, 0.2) is 45.6 Å². The van der Waals surface area contributed by atoms with E-state index in [0.29, 0.717) is 12.2 Å². The molecule has 3 aromatic rings. The van der Waals surface area contributed by atoms with Crippen LogP contribution in [-0.4, -0.2) is 46.9 Å². The molecule has 0 N–H and O–H groups in total. The number of hydrogen-bond donors (Lipinski definition) is 0. The largest absolute Gasteiger partial charge is 0.487 e. The van der Waals surface area contributed by atoms with Gasteiger partial charge in [0.2, 0.25) is 0 Å². The summed E-state index contributed by atoms with van der Waals surface area (Å²) in [6, 6.07) is 11.7. The van der Waals surface area contributed by atoms with E-state index in [1.807, 2.05) is 41.5 Å². The Morgan fingerprint density at radius 3 is 2.52 bits per heavy atom. The third-order valence-corrected chi connectivity index (χ3v) is 7.25. The van der Waals surface area contributed by atoms with Crippen LogP contribution in [0.3, 0.4) is 0 Å². The molecule has 1 aliphatic rings. The van der Waals surface area contributed by atoms with Crippen molar-refractivity contribution in [3.8, 4) is 5.75 Å². The van der Waals surface area contributed by atoms with E-state index >= 15 is 0 Å². The first-order chi connectivity index (χ1) is 14.1.